The van der Waals surface area contributed by atoms with Crippen LogP contribution in [-0.4, -0.2) is 40.8 Å². The standard InChI is InChI=1S/C11H18N4O2/c1-2-15(6-3-7-16)10-8-13-5-4-9(10)11(12)14-17/h4-5,8,16-17H,2-3,6-7H2,1H3,(H2,12,14). The molecule has 1 rings (SSSR count). The van der Waals surface area contributed by atoms with Gasteiger partial charge in [0.25, 0.3) is 0 Å². The topological polar surface area (TPSA) is 95.0 Å². The van der Waals surface area contributed by atoms with Crippen LogP contribution in [0.2, 0.25) is 0 Å². The maximum Gasteiger partial charge on any atom is 0.172 e. The Morgan fingerprint density at radius 3 is 2.94 bits per heavy atom. The molecule has 0 bridgehead atoms. The minimum atomic E-state index is 0.0600. The van der Waals surface area contributed by atoms with E-state index < -0.39 is 0 Å². The molecule has 1 heterocycles. The average Bonchev–Trinajstić information content (AvgIpc) is 2.39. The van der Waals surface area contributed by atoms with E-state index in [1.165, 1.54) is 0 Å². The first kappa shape index (κ1) is 13.2. The van der Waals surface area contributed by atoms with Crippen LogP contribution >= 0.6 is 0 Å². The molecule has 94 valence electrons. The number of rotatable bonds is 6. The van der Waals surface area contributed by atoms with E-state index in [0.717, 1.165) is 12.2 Å². The molecule has 6 nitrogen and oxygen atoms in total. The molecule has 0 radical (unpaired) electrons. The second-order valence-corrected chi connectivity index (χ2v) is 3.53. The van der Waals surface area contributed by atoms with Gasteiger partial charge >= 0.3 is 0 Å². The Hall–Kier alpha value is -1.82. The SMILES string of the molecule is CCN(CCCO)c1cnccc1/C(N)=N/O. The number of nitrogens with two attached hydrogens (primary N) is 1. The van der Waals surface area contributed by atoms with E-state index in [0.29, 0.717) is 18.5 Å². The summed E-state index contributed by atoms with van der Waals surface area (Å²) in [4.78, 5) is 6.07. The van der Waals surface area contributed by atoms with Gasteiger partial charge in [-0.15, -0.1) is 0 Å². The molecule has 4 N–H and O–H groups in total. The normalized spacial score (nSPS) is 11.5. The van der Waals surface area contributed by atoms with Gasteiger partial charge < -0.3 is 20.9 Å². The van der Waals surface area contributed by atoms with E-state index in [-0.39, 0.29) is 12.4 Å². The highest BCUT2D eigenvalue weighted by atomic mass is 16.4. The summed E-state index contributed by atoms with van der Waals surface area (Å²) in [7, 11) is 0. The maximum atomic E-state index is 8.85. The van der Waals surface area contributed by atoms with Gasteiger partial charge in [0.1, 0.15) is 0 Å². The van der Waals surface area contributed by atoms with Crippen molar-refractivity contribution >= 4 is 11.5 Å². The molecule has 1 aromatic rings. The predicted octanol–water partition coefficient (Wildman–Crippen LogP) is 0.385. The van der Waals surface area contributed by atoms with Crippen LogP contribution in [-0.2, 0) is 0 Å². The molecule has 0 unspecified atom stereocenters. The van der Waals surface area contributed by atoms with Crippen molar-refractivity contribution in [1.29, 1.82) is 0 Å². The second kappa shape index (κ2) is 6.70. The molecule has 0 aliphatic carbocycles. The van der Waals surface area contributed by atoms with Gasteiger partial charge in [0.05, 0.1) is 11.9 Å². The van der Waals surface area contributed by atoms with Gasteiger partial charge in [-0.05, 0) is 19.4 Å². The zero-order valence-corrected chi connectivity index (χ0v) is 9.87. The fourth-order valence-corrected chi connectivity index (χ4v) is 1.62. The van der Waals surface area contributed by atoms with E-state index in [1.54, 1.807) is 18.5 Å². The Bertz CT molecular complexity index is 381. The first-order valence-corrected chi connectivity index (χ1v) is 5.52. The van der Waals surface area contributed by atoms with Crippen molar-refractivity contribution in [3.63, 3.8) is 0 Å². The van der Waals surface area contributed by atoms with Gasteiger partial charge in [-0.2, -0.15) is 0 Å². The number of aliphatic hydroxyl groups excluding tert-OH is 1. The summed E-state index contributed by atoms with van der Waals surface area (Å²) in [5.74, 6) is 0.0600. The summed E-state index contributed by atoms with van der Waals surface area (Å²) in [5, 5.41) is 20.6. The van der Waals surface area contributed by atoms with Gasteiger partial charge in [-0.25, -0.2) is 0 Å². The fraction of sp³-hybridized carbons (Fsp3) is 0.455. The van der Waals surface area contributed by atoms with E-state index in [4.69, 9.17) is 16.0 Å². The third-order valence-corrected chi connectivity index (χ3v) is 2.49. The van der Waals surface area contributed by atoms with Crippen LogP contribution in [0.4, 0.5) is 5.69 Å². The summed E-state index contributed by atoms with van der Waals surface area (Å²) in [6, 6.07) is 1.70. The molecule has 0 aliphatic heterocycles. The number of hydrogen-bond acceptors (Lipinski definition) is 5. The monoisotopic (exact) mass is 238 g/mol. The number of anilines is 1. The highest BCUT2D eigenvalue weighted by molar-refractivity contribution is 6.01. The number of pyridine rings is 1. The molecule has 0 aliphatic rings. The van der Waals surface area contributed by atoms with Crippen LogP contribution in [0.3, 0.4) is 0 Å². The van der Waals surface area contributed by atoms with Crippen LogP contribution in [0.25, 0.3) is 0 Å². The van der Waals surface area contributed by atoms with Crippen LogP contribution in [0.1, 0.15) is 18.9 Å². The van der Waals surface area contributed by atoms with Crippen molar-refractivity contribution in [2.45, 2.75) is 13.3 Å². The van der Waals surface area contributed by atoms with Crippen molar-refractivity contribution in [3.8, 4) is 0 Å². The molecule has 0 amide bonds. The van der Waals surface area contributed by atoms with E-state index in [1.807, 2.05) is 11.8 Å². The quantitative estimate of drug-likeness (QED) is 0.288. The number of aromatic nitrogens is 1. The van der Waals surface area contributed by atoms with Crippen molar-refractivity contribution in [2.75, 3.05) is 24.6 Å². The highest BCUT2D eigenvalue weighted by Gasteiger charge is 2.12. The van der Waals surface area contributed by atoms with Crippen LogP contribution in [0, 0.1) is 0 Å². The molecule has 0 spiro atoms. The molecule has 0 atom stereocenters. The minimum Gasteiger partial charge on any atom is -0.409 e. The molecule has 6 heteroatoms. The summed E-state index contributed by atoms with van der Waals surface area (Å²) in [6.45, 7) is 3.60. The van der Waals surface area contributed by atoms with Crippen LogP contribution in [0.15, 0.2) is 23.6 Å². The zero-order valence-electron chi connectivity index (χ0n) is 9.87. The smallest absolute Gasteiger partial charge is 0.172 e. The highest BCUT2D eigenvalue weighted by Crippen LogP contribution is 2.18. The summed E-state index contributed by atoms with van der Waals surface area (Å²) < 4.78 is 0. The van der Waals surface area contributed by atoms with Crippen LogP contribution < -0.4 is 10.6 Å². The first-order valence-electron chi connectivity index (χ1n) is 5.52. The Morgan fingerprint density at radius 2 is 2.35 bits per heavy atom. The lowest BCUT2D eigenvalue weighted by Crippen LogP contribution is -2.28. The molecular formula is C11H18N4O2. The summed E-state index contributed by atoms with van der Waals surface area (Å²) in [6.07, 6.45) is 3.93. The zero-order chi connectivity index (χ0) is 12.7. The van der Waals surface area contributed by atoms with Gasteiger partial charge in [-0.1, -0.05) is 5.16 Å². The Morgan fingerprint density at radius 1 is 1.59 bits per heavy atom. The minimum absolute atomic E-state index is 0.0600. The van der Waals surface area contributed by atoms with E-state index in [2.05, 4.69) is 10.1 Å². The lowest BCUT2D eigenvalue weighted by Gasteiger charge is -2.24. The van der Waals surface area contributed by atoms with Gasteiger partial charge in [0, 0.05) is 31.5 Å². The third-order valence-electron chi connectivity index (χ3n) is 2.49. The van der Waals surface area contributed by atoms with Crippen molar-refractivity contribution in [1.82, 2.24) is 4.98 Å². The Kier molecular flexibility index (Phi) is 5.22. The molecule has 0 saturated heterocycles. The van der Waals surface area contributed by atoms with Crippen molar-refractivity contribution < 1.29 is 10.3 Å². The average molecular weight is 238 g/mol. The summed E-state index contributed by atoms with van der Waals surface area (Å²) >= 11 is 0. The number of nitrogens with zero attached hydrogens (tertiary/aromatic N) is 3. The lowest BCUT2D eigenvalue weighted by molar-refractivity contribution is 0.289. The van der Waals surface area contributed by atoms with E-state index in [9.17, 15) is 0 Å². The van der Waals surface area contributed by atoms with Crippen LogP contribution in [0.5, 0.6) is 0 Å². The molecule has 0 aromatic carbocycles. The first-order chi connectivity index (χ1) is 8.24. The van der Waals surface area contributed by atoms with Crippen molar-refractivity contribution in [3.05, 3.63) is 24.0 Å². The molecule has 1 aromatic heterocycles. The number of oxime groups is 1. The number of hydrogen-bond donors (Lipinski definition) is 3. The third kappa shape index (κ3) is 3.32. The van der Waals surface area contributed by atoms with Gasteiger partial charge in [0.2, 0.25) is 0 Å². The van der Waals surface area contributed by atoms with Crippen molar-refractivity contribution in [2.24, 2.45) is 10.9 Å². The molecule has 0 fully saturated rings. The fourth-order valence-electron chi connectivity index (χ4n) is 1.62. The Balaban J connectivity index is 3.01. The Labute approximate surface area is 100 Å². The summed E-state index contributed by atoms with van der Waals surface area (Å²) in [5.41, 5.74) is 7.06. The maximum absolute atomic E-state index is 8.85. The predicted molar refractivity (Wildman–Crippen MR) is 66.3 cm³/mol. The van der Waals surface area contributed by atoms with Gasteiger partial charge in [0.15, 0.2) is 5.84 Å². The lowest BCUT2D eigenvalue weighted by atomic mass is 10.2. The molecule has 17 heavy (non-hydrogen) atoms. The van der Waals surface area contributed by atoms with E-state index >= 15 is 0 Å². The number of aliphatic hydroxyl groups is 1. The largest absolute Gasteiger partial charge is 0.409 e. The molecule has 0 saturated carbocycles. The van der Waals surface area contributed by atoms with Gasteiger partial charge in [-0.3, -0.25) is 4.98 Å². The number of amidine groups is 1. The molecular weight excluding hydrogens is 220 g/mol. The second-order valence-electron chi connectivity index (χ2n) is 3.53.